The van der Waals surface area contributed by atoms with Crippen molar-refractivity contribution in [2.24, 2.45) is 50.2 Å². The van der Waals surface area contributed by atoms with E-state index in [1.165, 1.54) is 27.9 Å². The lowest BCUT2D eigenvalue weighted by Crippen LogP contribution is -2.65. The van der Waals surface area contributed by atoms with Gasteiger partial charge < -0.3 is 33.2 Å². The molecule has 0 N–H and O–H groups in total. The van der Waals surface area contributed by atoms with Gasteiger partial charge in [-0.2, -0.15) is 0 Å². The van der Waals surface area contributed by atoms with E-state index >= 15 is 0 Å². The number of carbonyl (C=O) groups is 4. The van der Waals surface area contributed by atoms with Crippen molar-refractivity contribution in [2.75, 3.05) is 7.11 Å². The van der Waals surface area contributed by atoms with Crippen LogP contribution in [0.25, 0.3) is 0 Å². The fourth-order valence-corrected chi connectivity index (χ4v) is 14.8. The maximum atomic E-state index is 14.5. The van der Waals surface area contributed by atoms with Crippen LogP contribution in [0.4, 0.5) is 0 Å². The Bertz CT molecular complexity index is 2210. The van der Waals surface area contributed by atoms with Gasteiger partial charge in [0.1, 0.15) is 18.4 Å². The quantitative estimate of drug-likeness (QED) is 0.113. The van der Waals surface area contributed by atoms with Crippen molar-refractivity contribution in [2.45, 2.75) is 190 Å². The number of esters is 4. The van der Waals surface area contributed by atoms with Crippen LogP contribution in [0.5, 0.6) is 0 Å². The predicted octanol–water partition coefficient (Wildman–Crippen LogP) is 8.87. The number of nitrogens with zero attached hydrogens (tertiary/aromatic N) is 3. The van der Waals surface area contributed by atoms with Crippen LogP contribution in [0.2, 0.25) is 0 Å². The first-order valence-electron chi connectivity index (χ1n) is 24.7. The summed E-state index contributed by atoms with van der Waals surface area (Å²) in [6, 6.07) is 10.1. The molecule has 368 valence electrons. The molecule has 0 amide bonds. The van der Waals surface area contributed by atoms with Crippen LogP contribution in [0.1, 0.15) is 145 Å². The molecule has 0 bridgehead atoms. The third-order valence-electron chi connectivity index (χ3n) is 18.3. The highest BCUT2D eigenvalue weighted by molar-refractivity contribution is 5.79. The molecular weight excluding hydrogens is 855 g/mol. The molecule has 13 atom stereocenters. The van der Waals surface area contributed by atoms with Crippen molar-refractivity contribution >= 4 is 23.9 Å². The second-order valence-electron chi connectivity index (χ2n) is 23.0. The van der Waals surface area contributed by atoms with E-state index in [1.54, 1.807) is 16.5 Å². The average Bonchev–Trinajstić information content (AvgIpc) is 3.71. The summed E-state index contributed by atoms with van der Waals surface area (Å²) in [6.45, 7) is 21.7. The second kappa shape index (κ2) is 18.3. The van der Waals surface area contributed by atoms with Crippen LogP contribution < -0.4 is 0 Å². The maximum Gasteiger partial charge on any atom is 0.313 e. The van der Waals surface area contributed by atoms with Crippen molar-refractivity contribution in [3.8, 4) is 0 Å². The maximum absolute atomic E-state index is 14.5. The lowest BCUT2D eigenvalue weighted by atomic mass is 9.33. The summed E-state index contributed by atoms with van der Waals surface area (Å²) < 4.78 is 43.0. The molecule has 14 nitrogen and oxygen atoms in total. The van der Waals surface area contributed by atoms with Crippen molar-refractivity contribution in [1.82, 2.24) is 15.0 Å². The topological polar surface area (TPSA) is 164 Å². The molecule has 2 aromatic rings. The number of aromatic nitrogens is 3. The van der Waals surface area contributed by atoms with E-state index in [-0.39, 0.29) is 58.2 Å². The van der Waals surface area contributed by atoms with E-state index in [0.717, 1.165) is 69.8 Å². The Balaban J connectivity index is 0.964. The zero-order valence-electron chi connectivity index (χ0n) is 41.8. The van der Waals surface area contributed by atoms with Crippen LogP contribution in [0.15, 0.2) is 48.2 Å². The van der Waals surface area contributed by atoms with Gasteiger partial charge in [-0.25, -0.2) is 4.68 Å². The molecule has 1 aromatic heterocycles. The normalized spacial score (nSPS) is 38.4. The molecule has 4 saturated carbocycles. The standard InChI is InChI=1S/C53H75N3O11/c1-32(57)64-43-39(67-46(61-11)45(66-34(3)59)44(43)65-33(2)58)29-56-28-36(54-55-56)31-62-42-20-21-50(8)40(49(42,6)7)19-22-52(10)41(50)18-17-37-38-27-48(4,5)23-25-53(38,26-24-51(37,52)9)47(60)63-30-35-15-13-12-14-16-35/h12-17,28,38-46H,18-27,29-31H2,1-11H3/t38-,39+,40-,41+,42-,43+,44-,45+,46-,50-,51+,52+,53-/m0/s1. The fraction of sp³-hybridized carbons (Fsp3) is 0.736. The van der Waals surface area contributed by atoms with Gasteiger partial charge in [-0.05, 0) is 115 Å². The summed E-state index contributed by atoms with van der Waals surface area (Å²) in [5, 5.41) is 8.81. The van der Waals surface area contributed by atoms with E-state index in [1.807, 2.05) is 30.3 Å². The molecule has 0 unspecified atom stereocenters. The Morgan fingerprint density at radius 1 is 0.776 bits per heavy atom. The van der Waals surface area contributed by atoms with E-state index in [0.29, 0.717) is 24.1 Å². The molecule has 5 aliphatic carbocycles. The molecule has 1 aromatic carbocycles. The van der Waals surface area contributed by atoms with Crippen LogP contribution in [0.3, 0.4) is 0 Å². The monoisotopic (exact) mass is 930 g/mol. The number of carbonyl (C=O) groups excluding carboxylic acids is 4. The van der Waals surface area contributed by atoms with Gasteiger partial charge >= 0.3 is 23.9 Å². The molecular formula is C53H75N3O11. The third-order valence-corrected chi connectivity index (χ3v) is 18.3. The van der Waals surface area contributed by atoms with E-state index < -0.39 is 54.0 Å². The lowest BCUT2D eigenvalue weighted by Gasteiger charge is -2.71. The minimum Gasteiger partial charge on any atom is -0.460 e. The van der Waals surface area contributed by atoms with Crippen molar-refractivity contribution in [3.05, 3.63) is 59.4 Å². The van der Waals surface area contributed by atoms with Gasteiger partial charge in [0.25, 0.3) is 0 Å². The molecule has 2 heterocycles. The number of allylic oxidation sites excluding steroid dienone is 2. The van der Waals surface area contributed by atoms with E-state index in [9.17, 15) is 19.2 Å². The fourth-order valence-electron chi connectivity index (χ4n) is 14.8. The molecule has 0 radical (unpaired) electrons. The summed E-state index contributed by atoms with van der Waals surface area (Å²) in [5.41, 5.74) is 2.97. The SMILES string of the molecule is CO[C@H]1O[C@H](Cn2cc(CO[C@H]3CC[C@]4(C)[C@H]5CC=C6[C@@H]7CC(C)(C)CC[C@]7(C(=O)OCc7ccccc7)CC[C@@]6(C)[C@]5(C)CC[C@H]4C3(C)C)nn2)[C@@H](OC(C)=O)[C@H](OC(C)=O)[C@H]1OC(C)=O. The predicted molar refractivity (Wildman–Crippen MR) is 246 cm³/mol. The van der Waals surface area contributed by atoms with Gasteiger partial charge in [0.15, 0.2) is 24.6 Å². The lowest BCUT2D eigenvalue weighted by molar-refractivity contribution is -0.300. The molecule has 8 rings (SSSR count). The number of benzene rings is 1. The molecule has 0 spiro atoms. The average molecular weight is 930 g/mol. The minimum absolute atomic E-state index is 0.00168. The van der Waals surface area contributed by atoms with Gasteiger partial charge in [-0.3, -0.25) is 19.2 Å². The van der Waals surface area contributed by atoms with Gasteiger partial charge in [-0.15, -0.1) is 5.10 Å². The highest BCUT2D eigenvalue weighted by atomic mass is 16.7. The van der Waals surface area contributed by atoms with Crippen LogP contribution in [-0.4, -0.2) is 82.8 Å². The smallest absolute Gasteiger partial charge is 0.313 e. The summed E-state index contributed by atoms with van der Waals surface area (Å²) in [5.74, 6) is -0.783. The Morgan fingerprint density at radius 3 is 2.13 bits per heavy atom. The van der Waals surface area contributed by atoms with Crippen LogP contribution >= 0.6 is 0 Å². The Kier molecular flexibility index (Phi) is 13.5. The number of rotatable bonds is 12. The number of fused-ring (bicyclic) bond motifs is 7. The number of ether oxygens (including phenoxy) is 7. The summed E-state index contributed by atoms with van der Waals surface area (Å²) in [4.78, 5) is 51.0. The van der Waals surface area contributed by atoms with Crippen molar-refractivity contribution in [3.63, 3.8) is 0 Å². The van der Waals surface area contributed by atoms with Gasteiger partial charge in [0.2, 0.25) is 0 Å². The van der Waals surface area contributed by atoms with E-state index in [4.69, 9.17) is 33.2 Å². The summed E-state index contributed by atoms with van der Waals surface area (Å²) >= 11 is 0. The molecule has 6 aliphatic rings. The first kappa shape index (κ1) is 49.3. The first-order chi connectivity index (χ1) is 31.6. The number of methoxy groups -OCH3 is 1. The van der Waals surface area contributed by atoms with Gasteiger partial charge in [0, 0.05) is 27.9 Å². The van der Waals surface area contributed by atoms with Gasteiger partial charge in [-0.1, -0.05) is 95.7 Å². The molecule has 67 heavy (non-hydrogen) atoms. The zero-order chi connectivity index (χ0) is 48.3. The third kappa shape index (κ3) is 8.89. The molecule has 14 heteroatoms. The Hall–Kier alpha value is -4.14. The summed E-state index contributed by atoms with van der Waals surface area (Å²) in [6.07, 6.45) is 9.00. The van der Waals surface area contributed by atoms with Crippen LogP contribution in [0, 0.1) is 50.2 Å². The highest BCUT2D eigenvalue weighted by Crippen LogP contribution is 2.76. The highest BCUT2D eigenvalue weighted by Gasteiger charge is 2.69. The first-order valence-corrected chi connectivity index (χ1v) is 24.7. The zero-order valence-corrected chi connectivity index (χ0v) is 41.8. The molecule has 5 fully saturated rings. The van der Waals surface area contributed by atoms with Crippen molar-refractivity contribution < 1.29 is 52.3 Å². The largest absolute Gasteiger partial charge is 0.460 e. The van der Waals surface area contributed by atoms with Crippen molar-refractivity contribution in [1.29, 1.82) is 0 Å². The van der Waals surface area contributed by atoms with Crippen LogP contribution in [-0.2, 0) is 72.1 Å². The minimum atomic E-state index is -1.20. The summed E-state index contributed by atoms with van der Waals surface area (Å²) in [7, 11) is 1.38. The van der Waals surface area contributed by atoms with Gasteiger partial charge in [0.05, 0.1) is 30.9 Å². The molecule has 1 saturated heterocycles. The molecule has 1 aliphatic heterocycles. The second-order valence-corrected chi connectivity index (χ2v) is 23.0. The Morgan fingerprint density at radius 2 is 1.45 bits per heavy atom. The number of hydrogen-bond acceptors (Lipinski definition) is 13. The van der Waals surface area contributed by atoms with E-state index in [2.05, 4.69) is 64.9 Å². The number of hydrogen-bond donors (Lipinski definition) is 0. The Labute approximate surface area is 396 Å².